The highest BCUT2D eigenvalue weighted by atomic mass is 32.2. The van der Waals surface area contributed by atoms with Crippen molar-refractivity contribution in [2.24, 2.45) is 12.8 Å². The quantitative estimate of drug-likeness (QED) is 0.771. The third kappa shape index (κ3) is 8.74. The van der Waals surface area contributed by atoms with Crippen molar-refractivity contribution < 1.29 is 8.42 Å². The van der Waals surface area contributed by atoms with E-state index in [2.05, 4.69) is 16.6 Å². The molecule has 1 heterocycles. The first kappa shape index (κ1) is 18.1. The Bertz CT molecular complexity index is 438. The molecule has 0 aromatic carbocycles. The van der Waals surface area contributed by atoms with Crippen LogP contribution in [-0.2, 0) is 17.1 Å². The number of nitrogens with zero attached hydrogens (tertiary/aromatic N) is 2. The molecule has 0 saturated carbocycles. The SMILES string of the molecule is CC(C)N.CCCCCNS(=O)(=O)c1cn(C)cn1. The maximum atomic E-state index is 11.6. The summed E-state index contributed by atoms with van der Waals surface area (Å²) in [6.07, 6.45) is 5.93. The Morgan fingerprint density at radius 3 is 2.42 bits per heavy atom. The van der Waals surface area contributed by atoms with Crippen molar-refractivity contribution >= 4 is 10.0 Å². The molecule has 19 heavy (non-hydrogen) atoms. The summed E-state index contributed by atoms with van der Waals surface area (Å²) < 4.78 is 27.4. The third-order valence-corrected chi connectivity index (χ3v) is 3.37. The van der Waals surface area contributed by atoms with E-state index in [0.717, 1.165) is 19.3 Å². The van der Waals surface area contributed by atoms with Gasteiger partial charge in [0.2, 0.25) is 0 Å². The Kier molecular flexibility index (Phi) is 8.62. The second-order valence-corrected chi connectivity index (χ2v) is 6.44. The van der Waals surface area contributed by atoms with Crippen molar-refractivity contribution in [3.05, 3.63) is 12.5 Å². The number of imidazole rings is 1. The Balaban J connectivity index is 0.000000711. The summed E-state index contributed by atoms with van der Waals surface area (Å²) in [5.41, 5.74) is 5.11. The summed E-state index contributed by atoms with van der Waals surface area (Å²) >= 11 is 0. The molecule has 0 saturated heterocycles. The lowest BCUT2D eigenvalue weighted by Gasteiger charge is -2.02. The number of aromatic nitrogens is 2. The molecule has 3 N–H and O–H groups in total. The number of hydrogen-bond acceptors (Lipinski definition) is 4. The number of sulfonamides is 1. The molecule has 0 aliphatic heterocycles. The molecule has 7 heteroatoms. The Morgan fingerprint density at radius 1 is 1.42 bits per heavy atom. The number of rotatable bonds is 6. The first-order valence-corrected chi connectivity index (χ1v) is 8.01. The molecule has 1 aromatic heterocycles. The molecule has 0 atom stereocenters. The van der Waals surface area contributed by atoms with Gasteiger partial charge in [0.15, 0.2) is 5.03 Å². The van der Waals surface area contributed by atoms with E-state index in [4.69, 9.17) is 5.73 Å². The van der Waals surface area contributed by atoms with Crippen LogP contribution in [0.25, 0.3) is 0 Å². The van der Waals surface area contributed by atoms with E-state index >= 15 is 0 Å². The van der Waals surface area contributed by atoms with Gasteiger partial charge in [-0.3, -0.25) is 0 Å². The summed E-state index contributed by atoms with van der Waals surface area (Å²) in [6.45, 7) is 6.44. The van der Waals surface area contributed by atoms with Gasteiger partial charge in [-0.25, -0.2) is 18.1 Å². The predicted molar refractivity (Wildman–Crippen MR) is 77.2 cm³/mol. The molecule has 0 aliphatic carbocycles. The number of aryl methyl sites for hydroxylation is 1. The smallest absolute Gasteiger partial charge is 0.259 e. The van der Waals surface area contributed by atoms with E-state index in [0.29, 0.717) is 12.6 Å². The largest absolute Gasteiger partial charge is 0.339 e. The van der Waals surface area contributed by atoms with Crippen LogP contribution in [0.15, 0.2) is 17.6 Å². The molecular weight excluding hydrogens is 264 g/mol. The minimum atomic E-state index is -3.40. The molecule has 0 radical (unpaired) electrons. The van der Waals surface area contributed by atoms with E-state index in [1.54, 1.807) is 11.6 Å². The zero-order chi connectivity index (χ0) is 14.9. The molecule has 1 rings (SSSR count). The van der Waals surface area contributed by atoms with E-state index in [1.807, 2.05) is 13.8 Å². The summed E-state index contributed by atoms with van der Waals surface area (Å²) in [4.78, 5) is 3.80. The van der Waals surface area contributed by atoms with E-state index in [-0.39, 0.29) is 5.03 Å². The minimum absolute atomic E-state index is 0.0847. The third-order valence-electron chi connectivity index (χ3n) is 2.03. The molecule has 0 aliphatic rings. The van der Waals surface area contributed by atoms with Crippen molar-refractivity contribution in [2.45, 2.75) is 51.1 Å². The highest BCUT2D eigenvalue weighted by Gasteiger charge is 2.15. The highest BCUT2D eigenvalue weighted by molar-refractivity contribution is 7.89. The van der Waals surface area contributed by atoms with Crippen molar-refractivity contribution in [1.29, 1.82) is 0 Å². The van der Waals surface area contributed by atoms with Gasteiger partial charge in [-0.2, -0.15) is 0 Å². The number of unbranched alkanes of at least 4 members (excludes halogenated alkanes) is 2. The fourth-order valence-electron chi connectivity index (χ4n) is 1.18. The maximum absolute atomic E-state index is 11.6. The van der Waals surface area contributed by atoms with Crippen LogP contribution in [0, 0.1) is 0 Å². The first-order valence-electron chi connectivity index (χ1n) is 6.52. The zero-order valence-corrected chi connectivity index (χ0v) is 13.1. The second kappa shape index (κ2) is 9.06. The van der Waals surface area contributed by atoms with Crippen molar-refractivity contribution in [3.8, 4) is 0 Å². The second-order valence-electron chi connectivity index (χ2n) is 4.73. The fourth-order valence-corrected chi connectivity index (χ4v) is 2.23. The molecule has 1 aromatic rings. The molecule has 0 bridgehead atoms. The van der Waals surface area contributed by atoms with Gasteiger partial charge in [-0.05, 0) is 12.5 Å². The Labute approximate surface area is 116 Å². The van der Waals surface area contributed by atoms with Gasteiger partial charge in [0.25, 0.3) is 10.0 Å². The van der Waals surface area contributed by atoms with Gasteiger partial charge in [0.05, 0.1) is 6.33 Å². The van der Waals surface area contributed by atoms with E-state index in [9.17, 15) is 8.42 Å². The molecule has 112 valence electrons. The predicted octanol–water partition coefficient (Wildman–Crippen LogP) is 1.24. The lowest BCUT2D eigenvalue weighted by Crippen LogP contribution is -2.25. The van der Waals surface area contributed by atoms with Gasteiger partial charge >= 0.3 is 0 Å². The van der Waals surface area contributed by atoms with Gasteiger partial charge in [-0.15, -0.1) is 0 Å². The van der Waals surface area contributed by atoms with Gasteiger partial charge in [0.1, 0.15) is 0 Å². The van der Waals surface area contributed by atoms with Crippen LogP contribution in [-0.4, -0.2) is 30.6 Å². The number of nitrogens with two attached hydrogens (primary N) is 1. The van der Waals surface area contributed by atoms with Crippen LogP contribution in [0.1, 0.15) is 40.0 Å². The molecule has 0 unspecified atom stereocenters. The van der Waals surface area contributed by atoms with Crippen molar-refractivity contribution in [1.82, 2.24) is 14.3 Å². The van der Waals surface area contributed by atoms with Crippen LogP contribution in [0.4, 0.5) is 0 Å². The van der Waals surface area contributed by atoms with Gasteiger partial charge in [0, 0.05) is 19.8 Å². The topological polar surface area (TPSA) is 90.0 Å². The van der Waals surface area contributed by atoms with E-state index in [1.165, 1.54) is 12.5 Å². The lowest BCUT2D eigenvalue weighted by molar-refractivity contribution is 0.573. The van der Waals surface area contributed by atoms with Crippen LogP contribution in [0.5, 0.6) is 0 Å². The monoisotopic (exact) mass is 290 g/mol. The maximum Gasteiger partial charge on any atom is 0.259 e. The molecule has 0 amide bonds. The summed E-state index contributed by atoms with van der Waals surface area (Å²) in [5.74, 6) is 0. The van der Waals surface area contributed by atoms with Crippen LogP contribution >= 0.6 is 0 Å². The van der Waals surface area contributed by atoms with Crippen molar-refractivity contribution in [3.63, 3.8) is 0 Å². The van der Waals surface area contributed by atoms with Crippen LogP contribution in [0.2, 0.25) is 0 Å². The number of hydrogen-bond donors (Lipinski definition) is 2. The Morgan fingerprint density at radius 2 is 2.00 bits per heavy atom. The van der Waals surface area contributed by atoms with Crippen molar-refractivity contribution in [2.75, 3.05) is 6.54 Å². The zero-order valence-electron chi connectivity index (χ0n) is 12.3. The van der Waals surface area contributed by atoms with Crippen LogP contribution < -0.4 is 10.5 Å². The summed E-state index contributed by atoms with van der Waals surface area (Å²) in [6, 6.07) is 0.333. The lowest BCUT2D eigenvalue weighted by atomic mass is 10.3. The molecule has 0 spiro atoms. The fraction of sp³-hybridized carbons (Fsp3) is 0.750. The highest BCUT2D eigenvalue weighted by Crippen LogP contribution is 2.04. The molecular formula is C12H26N4O2S. The molecule has 6 nitrogen and oxygen atoms in total. The summed E-state index contributed by atoms with van der Waals surface area (Å²) in [7, 11) is -1.66. The van der Waals surface area contributed by atoms with Gasteiger partial charge < -0.3 is 10.3 Å². The summed E-state index contributed by atoms with van der Waals surface area (Å²) in [5, 5.41) is 0.0847. The normalized spacial score (nSPS) is 11.3. The average molecular weight is 290 g/mol. The standard InChI is InChI=1S/C9H17N3O2S.C3H9N/c1-3-4-5-6-11-15(13,14)9-7-12(2)8-10-9;1-3(2)4/h7-8,11H,3-6H2,1-2H3;3H,4H2,1-2H3. The first-order chi connectivity index (χ1) is 8.79. The van der Waals surface area contributed by atoms with Gasteiger partial charge in [-0.1, -0.05) is 33.6 Å². The minimum Gasteiger partial charge on any atom is -0.339 e. The average Bonchev–Trinajstić information content (AvgIpc) is 2.71. The molecule has 0 fully saturated rings. The Hall–Kier alpha value is -0.920. The van der Waals surface area contributed by atoms with Crippen LogP contribution in [0.3, 0.4) is 0 Å². The van der Waals surface area contributed by atoms with E-state index < -0.39 is 10.0 Å². The number of nitrogens with one attached hydrogen (secondary N) is 1.